The predicted molar refractivity (Wildman–Crippen MR) is 147 cm³/mol. The van der Waals surface area contributed by atoms with Crippen LogP contribution in [0.15, 0.2) is 42.5 Å². The maximum Gasteiger partial charge on any atom is 0.271 e. The van der Waals surface area contributed by atoms with Gasteiger partial charge in [-0.3, -0.25) is 10.1 Å². The zero-order valence-corrected chi connectivity index (χ0v) is 21.2. The number of aromatic amines is 3. The molecule has 0 bridgehead atoms. The van der Waals surface area contributed by atoms with Crippen LogP contribution in [0.4, 0.5) is 5.69 Å². The number of non-ortho nitro benzene ring substituents is 1. The van der Waals surface area contributed by atoms with Crippen molar-refractivity contribution in [3.63, 3.8) is 0 Å². The molecular formula is C29H36N4O3. The largest absolute Gasteiger partial charge is 0.494 e. The third kappa shape index (κ3) is 6.47. The number of hydrogen-bond acceptors (Lipinski definition) is 3. The van der Waals surface area contributed by atoms with E-state index in [2.05, 4.69) is 40.1 Å². The number of unbranched alkanes of at least 4 members (excludes halogenated alkanes) is 8. The van der Waals surface area contributed by atoms with Crippen LogP contribution in [0.5, 0.6) is 5.75 Å². The minimum absolute atomic E-state index is 0.0655. The van der Waals surface area contributed by atoms with Crippen LogP contribution < -0.4 is 15.4 Å². The van der Waals surface area contributed by atoms with E-state index in [9.17, 15) is 10.1 Å². The van der Waals surface area contributed by atoms with Crippen LogP contribution in [-0.2, 0) is 0 Å². The third-order valence-corrected chi connectivity index (χ3v) is 6.59. The minimum Gasteiger partial charge on any atom is -0.494 e. The lowest BCUT2D eigenvalue weighted by molar-refractivity contribution is -0.384. The molecular weight excluding hydrogens is 452 g/mol. The van der Waals surface area contributed by atoms with Crippen molar-refractivity contribution in [2.75, 3.05) is 7.11 Å². The number of rotatable bonds is 13. The Bertz CT molecular complexity index is 1410. The second-order valence-corrected chi connectivity index (χ2v) is 9.36. The fourth-order valence-electron chi connectivity index (χ4n) is 4.57. The molecule has 3 aromatic heterocycles. The standard InChI is InChI=1S/C29H36N4O3/c1-3-4-5-6-7-8-9-10-11-12-22-14-15-23(30-22)18-28-29(36-2)20-27(32-28)26-17-21-13-16-24(33(34)35)19-25(21)31-26/h12-20,30-32H,3-11H2,1-2H3. The number of nitrogens with one attached hydrogen (secondary N) is 3. The number of fused-ring (bicyclic) bond motifs is 1. The molecule has 190 valence electrons. The van der Waals surface area contributed by atoms with E-state index >= 15 is 0 Å². The van der Waals surface area contributed by atoms with Gasteiger partial charge in [-0.2, -0.15) is 0 Å². The average Bonchev–Trinajstić information content (AvgIpc) is 3.60. The van der Waals surface area contributed by atoms with Crippen LogP contribution in [0.3, 0.4) is 0 Å². The lowest BCUT2D eigenvalue weighted by atomic mass is 10.1. The van der Waals surface area contributed by atoms with E-state index in [1.165, 1.54) is 57.4 Å². The molecule has 3 heterocycles. The Hall–Kier alpha value is -3.74. The van der Waals surface area contributed by atoms with E-state index in [1.54, 1.807) is 19.2 Å². The highest BCUT2D eigenvalue weighted by molar-refractivity contribution is 5.87. The fraction of sp³-hybridized carbons (Fsp3) is 0.379. The van der Waals surface area contributed by atoms with E-state index in [4.69, 9.17) is 4.74 Å². The third-order valence-electron chi connectivity index (χ3n) is 6.59. The van der Waals surface area contributed by atoms with Gasteiger partial charge in [0.15, 0.2) is 0 Å². The molecule has 4 aromatic rings. The van der Waals surface area contributed by atoms with Crippen molar-refractivity contribution >= 4 is 28.7 Å². The molecule has 0 saturated carbocycles. The molecule has 4 rings (SSSR count). The monoisotopic (exact) mass is 488 g/mol. The molecule has 0 spiro atoms. The SMILES string of the molecule is CCCCCCCCCCC=c1ccc(=Cc2[nH]c(-c3cc4ccc([N+](=O)[O-])cc4[nH]3)cc2OC)[nH]1. The summed E-state index contributed by atoms with van der Waals surface area (Å²) in [6.45, 7) is 2.26. The molecule has 0 atom stereocenters. The summed E-state index contributed by atoms with van der Waals surface area (Å²) < 4.78 is 5.60. The summed E-state index contributed by atoms with van der Waals surface area (Å²) in [5, 5.41) is 14.1. The highest BCUT2D eigenvalue weighted by Crippen LogP contribution is 2.30. The fourth-order valence-corrected chi connectivity index (χ4v) is 4.57. The summed E-state index contributed by atoms with van der Waals surface area (Å²) in [5.41, 5.74) is 3.34. The van der Waals surface area contributed by atoms with Crippen molar-refractivity contribution < 1.29 is 9.66 Å². The normalized spacial score (nSPS) is 12.6. The predicted octanol–water partition coefficient (Wildman–Crippen LogP) is 6.55. The number of nitro benzene ring substituents is 1. The quantitative estimate of drug-likeness (QED) is 0.113. The number of hydrogen-bond donors (Lipinski definition) is 3. The molecule has 0 saturated heterocycles. The van der Waals surface area contributed by atoms with Crippen LogP contribution in [0, 0.1) is 10.1 Å². The van der Waals surface area contributed by atoms with Gasteiger partial charge in [0.2, 0.25) is 0 Å². The average molecular weight is 489 g/mol. The van der Waals surface area contributed by atoms with Gasteiger partial charge in [-0.1, -0.05) is 57.9 Å². The molecule has 0 amide bonds. The number of nitro groups is 1. The number of H-pyrrole nitrogens is 3. The first-order valence-corrected chi connectivity index (χ1v) is 13.0. The van der Waals surface area contributed by atoms with E-state index < -0.39 is 0 Å². The molecule has 3 N–H and O–H groups in total. The summed E-state index contributed by atoms with van der Waals surface area (Å²) in [6.07, 6.45) is 16.0. The Kier molecular flexibility index (Phi) is 8.66. The number of methoxy groups -OCH3 is 1. The zero-order valence-electron chi connectivity index (χ0n) is 21.2. The van der Waals surface area contributed by atoms with E-state index in [1.807, 2.05) is 18.2 Å². The van der Waals surface area contributed by atoms with Crippen LogP contribution in [0.2, 0.25) is 0 Å². The minimum atomic E-state index is -0.387. The Morgan fingerprint density at radius 2 is 1.58 bits per heavy atom. The van der Waals surface area contributed by atoms with Gasteiger partial charge in [0.05, 0.1) is 34.6 Å². The molecule has 36 heavy (non-hydrogen) atoms. The highest BCUT2D eigenvalue weighted by atomic mass is 16.6. The highest BCUT2D eigenvalue weighted by Gasteiger charge is 2.13. The summed E-state index contributed by atoms with van der Waals surface area (Å²) >= 11 is 0. The van der Waals surface area contributed by atoms with Gasteiger partial charge in [0.25, 0.3) is 5.69 Å². The second-order valence-electron chi connectivity index (χ2n) is 9.36. The van der Waals surface area contributed by atoms with Crippen LogP contribution >= 0.6 is 0 Å². The lowest BCUT2D eigenvalue weighted by Crippen LogP contribution is -2.09. The van der Waals surface area contributed by atoms with Crippen LogP contribution in [0.25, 0.3) is 34.4 Å². The van der Waals surface area contributed by atoms with Gasteiger partial charge in [-0.15, -0.1) is 0 Å². The van der Waals surface area contributed by atoms with Crippen LogP contribution in [-0.4, -0.2) is 27.0 Å². The maximum atomic E-state index is 11.1. The summed E-state index contributed by atoms with van der Waals surface area (Å²) in [4.78, 5) is 20.8. The second kappa shape index (κ2) is 12.3. The van der Waals surface area contributed by atoms with Gasteiger partial charge >= 0.3 is 0 Å². The number of ether oxygens (including phenoxy) is 1. The Morgan fingerprint density at radius 1 is 0.861 bits per heavy atom. The van der Waals surface area contributed by atoms with Crippen LogP contribution in [0.1, 0.15) is 70.4 Å². The molecule has 0 fully saturated rings. The zero-order chi connectivity index (χ0) is 25.3. The van der Waals surface area contributed by atoms with Crippen molar-refractivity contribution in [3.8, 4) is 17.1 Å². The van der Waals surface area contributed by atoms with Gasteiger partial charge in [-0.05, 0) is 43.2 Å². The van der Waals surface area contributed by atoms with Crippen molar-refractivity contribution in [2.45, 2.75) is 64.7 Å². The smallest absolute Gasteiger partial charge is 0.271 e. The molecule has 0 radical (unpaired) electrons. The Morgan fingerprint density at radius 3 is 2.33 bits per heavy atom. The molecule has 0 aliphatic rings. The van der Waals surface area contributed by atoms with Gasteiger partial charge < -0.3 is 19.7 Å². The van der Waals surface area contributed by atoms with Crippen molar-refractivity contribution in [1.82, 2.24) is 15.0 Å². The van der Waals surface area contributed by atoms with Gasteiger partial charge in [0.1, 0.15) is 5.75 Å². The molecule has 7 nitrogen and oxygen atoms in total. The maximum absolute atomic E-state index is 11.1. The topological polar surface area (TPSA) is 99.7 Å². The summed E-state index contributed by atoms with van der Waals surface area (Å²) in [6, 6.07) is 12.9. The first kappa shape index (κ1) is 25.4. The molecule has 0 unspecified atom stereocenters. The number of aromatic nitrogens is 3. The van der Waals surface area contributed by atoms with E-state index in [0.717, 1.165) is 50.9 Å². The van der Waals surface area contributed by atoms with Crippen molar-refractivity contribution in [3.05, 3.63) is 69.0 Å². The Labute approximate surface area is 211 Å². The molecule has 0 aliphatic heterocycles. The first-order chi connectivity index (χ1) is 17.6. The van der Waals surface area contributed by atoms with Crippen molar-refractivity contribution in [1.29, 1.82) is 0 Å². The first-order valence-electron chi connectivity index (χ1n) is 13.0. The molecule has 7 heteroatoms. The lowest BCUT2D eigenvalue weighted by Gasteiger charge is -1.99. The molecule has 1 aromatic carbocycles. The molecule has 0 aliphatic carbocycles. The Balaban J connectivity index is 1.42. The summed E-state index contributed by atoms with van der Waals surface area (Å²) in [7, 11) is 1.65. The summed E-state index contributed by atoms with van der Waals surface area (Å²) in [5.74, 6) is 0.730. The van der Waals surface area contributed by atoms with Gasteiger partial charge in [-0.25, -0.2) is 0 Å². The number of nitrogens with zero attached hydrogens (tertiary/aromatic N) is 1. The van der Waals surface area contributed by atoms with Crippen molar-refractivity contribution in [2.24, 2.45) is 0 Å². The van der Waals surface area contributed by atoms with Gasteiger partial charge in [0, 0.05) is 34.3 Å². The van der Waals surface area contributed by atoms with E-state index in [-0.39, 0.29) is 10.6 Å². The number of benzene rings is 1. The van der Waals surface area contributed by atoms with E-state index in [0.29, 0.717) is 0 Å².